The number of hydrogen-bond donors (Lipinski definition) is 2. The summed E-state index contributed by atoms with van der Waals surface area (Å²) >= 11 is 0. The number of hydrogen-bond acceptors (Lipinski definition) is 3. The van der Waals surface area contributed by atoms with Gasteiger partial charge in [0.05, 0.1) is 18.0 Å². The monoisotopic (exact) mass is 422 g/mol. The molecule has 166 valence electrons. The summed E-state index contributed by atoms with van der Waals surface area (Å²) in [5.41, 5.74) is 3.12. The van der Waals surface area contributed by atoms with Gasteiger partial charge in [0.2, 0.25) is 5.91 Å². The van der Waals surface area contributed by atoms with E-state index in [4.69, 9.17) is 0 Å². The van der Waals surface area contributed by atoms with Gasteiger partial charge in [0, 0.05) is 18.8 Å². The summed E-state index contributed by atoms with van der Waals surface area (Å²) in [6, 6.07) is 15.1. The number of carboxylic acid groups (broad SMARTS) is 1. The highest BCUT2D eigenvalue weighted by Gasteiger charge is 2.22. The summed E-state index contributed by atoms with van der Waals surface area (Å²) in [5, 5.41) is 12.7. The van der Waals surface area contributed by atoms with Crippen molar-refractivity contribution in [3.63, 3.8) is 0 Å². The maximum atomic E-state index is 13.0. The minimum Gasteiger partial charge on any atom is -0.478 e. The van der Waals surface area contributed by atoms with Crippen LogP contribution in [0.2, 0.25) is 0 Å². The number of carboxylic acids is 1. The molecule has 2 aromatic carbocycles. The molecule has 0 saturated carbocycles. The third-order valence-electron chi connectivity index (χ3n) is 6.04. The average molecular weight is 423 g/mol. The highest BCUT2D eigenvalue weighted by molar-refractivity contribution is 5.91. The molecule has 1 fully saturated rings. The van der Waals surface area contributed by atoms with E-state index in [1.165, 1.54) is 30.5 Å². The second-order valence-electron chi connectivity index (χ2n) is 8.36. The number of piperidine rings is 1. The first kappa shape index (κ1) is 22.9. The Morgan fingerprint density at radius 1 is 1.00 bits per heavy atom. The lowest BCUT2D eigenvalue weighted by atomic mass is 9.96. The predicted molar refractivity (Wildman–Crippen MR) is 125 cm³/mol. The van der Waals surface area contributed by atoms with Crippen LogP contribution in [0.25, 0.3) is 0 Å². The van der Waals surface area contributed by atoms with Gasteiger partial charge in [-0.3, -0.25) is 4.79 Å². The second-order valence-corrected chi connectivity index (χ2v) is 8.36. The van der Waals surface area contributed by atoms with Crippen LogP contribution in [0.5, 0.6) is 0 Å². The zero-order valence-electron chi connectivity index (χ0n) is 18.5. The van der Waals surface area contributed by atoms with Gasteiger partial charge in [0.25, 0.3) is 0 Å². The molecule has 0 bridgehead atoms. The van der Waals surface area contributed by atoms with E-state index in [-0.39, 0.29) is 23.9 Å². The molecular weight excluding hydrogens is 388 g/mol. The third kappa shape index (κ3) is 6.33. The van der Waals surface area contributed by atoms with E-state index in [2.05, 4.69) is 35.3 Å². The van der Waals surface area contributed by atoms with Gasteiger partial charge in [-0.15, -0.1) is 0 Å². The number of carbonyl (C=O) groups is 2. The highest BCUT2D eigenvalue weighted by atomic mass is 16.4. The number of carbonyl (C=O) groups excluding carboxylic acids is 1. The summed E-state index contributed by atoms with van der Waals surface area (Å²) in [7, 11) is 0. The number of nitrogens with zero attached hydrogens (tertiary/aromatic N) is 1. The molecule has 5 nitrogen and oxygen atoms in total. The molecule has 1 atom stereocenters. The molecule has 1 saturated heterocycles. The van der Waals surface area contributed by atoms with Crippen LogP contribution in [-0.2, 0) is 11.2 Å². The van der Waals surface area contributed by atoms with Crippen molar-refractivity contribution >= 4 is 17.6 Å². The van der Waals surface area contributed by atoms with E-state index >= 15 is 0 Å². The summed E-state index contributed by atoms with van der Waals surface area (Å²) < 4.78 is 0. The van der Waals surface area contributed by atoms with Crippen molar-refractivity contribution in [2.45, 2.75) is 64.3 Å². The molecule has 1 aliphatic heterocycles. The molecule has 1 heterocycles. The zero-order chi connectivity index (χ0) is 22.1. The van der Waals surface area contributed by atoms with E-state index in [0.29, 0.717) is 5.56 Å². The minimum absolute atomic E-state index is 0.0681. The Bertz CT molecular complexity index is 874. The predicted octanol–water partition coefficient (Wildman–Crippen LogP) is 5.36. The summed E-state index contributed by atoms with van der Waals surface area (Å²) in [4.78, 5) is 26.9. The lowest BCUT2D eigenvalue weighted by molar-refractivity contribution is -0.121. The topological polar surface area (TPSA) is 69.6 Å². The molecule has 1 unspecified atom stereocenters. The van der Waals surface area contributed by atoms with E-state index in [1.54, 1.807) is 24.3 Å². The fourth-order valence-corrected chi connectivity index (χ4v) is 4.41. The first-order valence-electron chi connectivity index (χ1n) is 11.5. The van der Waals surface area contributed by atoms with Gasteiger partial charge in [-0.05, 0) is 48.9 Å². The van der Waals surface area contributed by atoms with Gasteiger partial charge < -0.3 is 15.3 Å². The van der Waals surface area contributed by atoms with Gasteiger partial charge in [0.1, 0.15) is 0 Å². The molecule has 0 spiro atoms. The van der Waals surface area contributed by atoms with Crippen molar-refractivity contribution in [3.8, 4) is 0 Å². The smallest absolute Gasteiger partial charge is 0.335 e. The van der Waals surface area contributed by atoms with Crippen LogP contribution in [-0.4, -0.2) is 30.1 Å². The first-order valence-corrected chi connectivity index (χ1v) is 11.5. The van der Waals surface area contributed by atoms with Crippen molar-refractivity contribution in [1.82, 2.24) is 5.32 Å². The Balaban J connectivity index is 1.80. The Labute approximate surface area is 185 Å². The fourth-order valence-electron chi connectivity index (χ4n) is 4.41. The van der Waals surface area contributed by atoms with Crippen LogP contribution < -0.4 is 10.2 Å². The SMILES string of the molecule is CCCCCC(NC(=O)Cc1ccccc1C(=O)O)c1ccccc1N1CCCCC1. The Morgan fingerprint density at radius 2 is 1.71 bits per heavy atom. The number of benzene rings is 2. The van der Waals surface area contributed by atoms with Gasteiger partial charge in [-0.2, -0.15) is 0 Å². The number of nitrogens with one attached hydrogen (secondary N) is 1. The highest BCUT2D eigenvalue weighted by Crippen LogP contribution is 2.31. The molecule has 0 aromatic heterocycles. The number of aromatic carboxylic acids is 1. The van der Waals surface area contributed by atoms with Crippen molar-refractivity contribution < 1.29 is 14.7 Å². The van der Waals surface area contributed by atoms with Crippen molar-refractivity contribution in [1.29, 1.82) is 0 Å². The molecule has 31 heavy (non-hydrogen) atoms. The minimum atomic E-state index is -1.00. The number of anilines is 1. The van der Waals surface area contributed by atoms with E-state index in [1.807, 2.05) is 6.07 Å². The molecule has 0 aliphatic carbocycles. The Hall–Kier alpha value is -2.82. The molecule has 0 radical (unpaired) electrons. The van der Waals surface area contributed by atoms with Crippen molar-refractivity contribution in [2.75, 3.05) is 18.0 Å². The van der Waals surface area contributed by atoms with E-state index < -0.39 is 5.97 Å². The van der Waals surface area contributed by atoms with Crippen LogP contribution in [0.4, 0.5) is 5.69 Å². The Morgan fingerprint density at radius 3 is 2.45 bits per heavy atom. The molecule has 3 rings (SSSR count). The molecule has 5 heteroatoms. The molecule has 2 aromatic rings. The van der Waals surface area contributed by atoms with Crippen LogP contribution in [0, 0.1) is 0 Å². The maximum absolute atomic E-state index is 13.0. The average Bonchev–Trinajstić information content (AvgIpc) is 2.79. The standard InChI is InChI=1S/C26H34N2O3/c1-2-3-5-15-23(22-14-8-9-16-24(22)28-17-10-4-11-18-28)27-25(29)19-20-12-6-7-13-21(20)26(30)31/h6-9,12-14,16,23H,2-5,10-11,15,17-19H2,1H3,(H,27,29)(H,30,31). The van der Waals surface area contributed by atoms with Gasteiger partial charge >= 0.3 is 5.97 Å². The van der Waals surface area contributed by atoms with Crippen molar-refractivity contribution in [3.05, 3.63) is 65.2 Å². The van der Waals surface area contributed by atoms with Gasteiger partial charge in [0.15, 0.2) is 0 Å². The van der Waals surface area contributed by atoms with Gasteiger partial charge in [-0.25, -0.2) is 4.79 Å². The van der Waals surface area contributed by atoms with E-state index in [9.17, 15) is 14.7 Å². The van der Waals surface area contributed by atoms with Crippen molar-refractivity contribution in [2.24, 2.45) is 0 Å². The number of rotatable bonds is 10. The summed E-state index contributed by atoms with van der Waals surface area (Å²) in [5.74, 6) is -1.14. The Kier molecular flexibility index (Phi) is 8.51. The first-order chi connectivity index (χ1) is 15.1. The van der Waals surface area contributed by atoms with Gasteiger partial charge in [-0.1, -0.05) is 62.6 Å². The summed E-state index contributed by atoms with van der Waals surface area (Å²) in [6.07, 6.45) is 7.92. The lowest BCUT2D eigenvalue weighted by Crippen LogP contribution is -2.34. The van der Waals surface area contributed by atoms with Crippen LogP contribution in [0.3, 0.4) is 0 Å². The molecule has 2 N–H and O–H groups in total. The quantitative estimate of drug-likeness (QED) is 0.506. The lowest BCUT2D eigenvalue weighted by Gasteiger charge is -2.33. The fraction of sp³-hybridized carbons (Fsp3) is 0.462. The number of amides is 1. The number of unbranched alkanes of at least 4 members (excludes halogenated alkanes) is 2. The van der Waals surface area contributed by atoms with Crippen LogP contribution >= 0.6 is 0 Å². The second kappa shape index (κ2) is 11.5. The van der Waals surface area contributed by atoms with E-state index in [0.717, 1.165) is 38.8 Å². The summed E-state index contributed by atoms with van der Waals surface area (Å²) in [6.45, 7) is 4.29. The zero-order valence-corrected chi connectivity index (χ0v) is 18.5. The normalized spacial score (nSPS) is 14.8. The van der Waals surface area contributed by atoms with Crippen LogP contribution in [0.1, 0.15) is 79.4 Å². The largest absolute Gasteiger partial charge is 0.478 e. The molecular formula is C26H34N2O3. The third-order valence-corrected chi connectivity index (χ3v) is 6.04. The number of para-hydroxylation sites is 1. The molecule has 1 amide bonds. The molecule has 1 aliphatic rings. The van der Waals surface area contributed by atoms with Crippen LogP contribution in [0.15, 0.2) is 48.5 Å². The maximum Gasteiger partial charge on any atom is 0.335 e.